The summed E-state index contributed by atoms with van der Waals surface area (Å²) in [6.07, 6.45) is 9.41. The highest BCUT2D eigenvalue weighted by atomic mass is 16.2. The molecule has 3 heteroatoms. The molecule has 0 spiro atoms. The van der Waals surface area contributed by atoms with Crippen LogP contribution in [0.3, 0.4) is 0 Å². The van der Waals surface area contributed by atoms with Crippen molar-refractivity contribution >= 4 is 6.03 Å². The van der Waals surface area contributed by atoms with Crippen molar-refractivity contribution in [2.45, 2.75) is 45.4 Å². The summed E-state index contributed by atoms with van der Waals surface area (Å²) in [4.78, 5) is 11.2. The van der Waals surface area contributed by atoms with Gasteiger partial charge in [0.1, 0.15) is 0 Å². The Hall–Kier alpha value is -0.990. The Morgan fingerprint density at radius 3 is 2.80 bits per heavy atom. The second-order valence-corrected chi connectivity index (χ2v) is 4.04. The van der Waals surface area contributed by atoms with Gasteiger partial charge in [-0.05, 0) is 38.5 Å². The number of allylic oxidation sites excluding steroid dienone is 1. The highest BCUT2D eigenvalue weighted by Gasteiger charge is 2.04. The molecule has 0 saturated heterocycles. The molecule has 3 nitrogen and oxygen atoms in total. The molecular formula is C12H22N2O. The molecule has 0 unspecified atom stereocenters. The van der Waals surface area contributed by atoms with Gasteiger partial charge in [-0.15, -0.1) is 0 Å². The van der Waals surface area contributed by atoms with Gasteiger partial charge in [-0.1, -0.05) is 18.6 Å². The molecule has 0 atom stereocenters. The molecular weight excluding hydrogens is 188 g/mol. The van der Waals surface area contributed by atoms with Gasteiger partial charge in [0, 0.05) is 13.1 Å². The summed E-state index contributed by atoms with van der Waals surface area (Å²) in [5, 5.41) is 5.67. The van der Waals surface area contributed by atoms with Crippen LogP contribution < -0.4 is 10.6 Å². The minimum absolute atomic E-state index is 0.0340. The maximum atomic E-state index is 11.2. The van der Waals surface area contributed by atoms with Crippen molar-refractivity contribution in [1.82, 2.24) is 10.6 Å². The van der Waals surface area contributed by atoms with Crippen LogP contribution >= 0.6 is 0 Å². The van der Waals surface area contributed by atoms with Gasteiger partial charge in [0.25, 0.3) is 0 Å². The highest BCUT2D eigenvalue weighted by molar-refractivity contribution is 5.73. The first-order valence-electron chi connectivity index (χ1n) is 6.02. The largest absolute Gasteiger partial charge is 0.338 e. The summed E-state index contributed by atoms with van der Waals surface area (Å²) in [6.45, 7) is 3.57. The Morgan fingerprint density at radius 2 is 2.13 bits per heavy atom. The topological polar surface area (TPSA) is 41.1 Å². The number of hydrogen-bond donors (Lipinski definition) is 2. The van der Waals surface area contributed by atoms with Crippen molar-refractivity contribution in [2.75, 3.05) is 13.1 Å². The normalized spacial score (nSPS) is 15.7. The fourth-order valence-electron chi connectivity index (χ4n) is 1.77. The van der Waals surface area contributed by atoms with Gasteiger partial charge in [-0.3, -0.25) is 0 Å². The predicted octanol–water partition coefficient (Wildman–Crippen LogP) is 2.59. The van der Waals surface area contributed by atoms with E-state index in [0.717, 1.165) is 25.9 Å². The van der Waals surface area contributed by atoms with Gasteiger partial charge in [0.05, 0.1) is 0 Å². The van der Waals surface area contributed by atoms with Crippen molar-refractivity contribution in [1.29, 1.82) is 0 Å². The van der Waals surface area contributed by atoms with Crippen molar-refractivity contribution < 1.29 is 4.79 Å². The molecule has 2 amide bonds. The van der Waals surface area contributed by atoms with Gasteiger partial charge in [-0.2, -0.15) is 0 Å². The summed E-state index contributed by atoms with van der Waals surface area (Å²) in [7, 11) is 0. The third-order valence-electron chi connectivity index (χ3n) is 2.65. The van der Waals surface area contributed by atoms with Crippen LogP contribution in [0.4, 0.5) is 4.79 Å². The molecule has 1 aliphatic rings. The average molecular weight is 210 g/mol. The van der Waals surface area contributed by atoms with Gasteiger partial charge in [0.2, 0.25) is 0 Å². The summed E-state index contributed by atoms with van der Waals surface area (Å²) in [6, 6.07) is -0.0340. The molecule has 0 heterocycles. The number of urea groups is 1. The zero-order valence-electron chi connectivity index (χ0n) is 9.64. The van der Waals surface area contributed by atoms with Crippen molar-refractivity contribution in [3.63, 3.8) is 0 Å². The lowest BCUT2D eigenvalue weighted by molar-refractivity contribution is 0.241. The molecule has 0 aromatic rings. The Balaban J connectivity index is 2.04. The molecule has 0 saturated carbocycles. The smallest absolute Gasteiger partial charge is 0.314 e. The molecule has 86 valence electrons. The lowest BCUT2D eigenvalue weighted by Crippen LogP contribution is -2.36. The fraction of sp³-hybridized carbons (Fsp3) is 0.750. The zero-order valence-corrected chi connectivity index (χ0v) is 9.64. The maximum absolute atomic E-state index is 11.2. The van der Waals surface area contributed by atoms with Crippen LogP contribution in [0.1, 0.15) is 45.4 Å². The Kier molecular flexibility index (Phi) is 5.90. The predicted molar refractivity (Wildman–Crippen MR) is 62.9 cm³/mol. The van der Waals surface area contributed by atoms with Gasteiger partial charge >= 0.3 is 6.03 Å². The van der Waals surface area contributed by atoms with Crippen molar-refractivity contribution in [2.24, 2.45) is 0 Å². The van der Waals surface area contributed by atoms with Gasteiger partial charge in [-0.25, -0.2) is 4.79 Å². The first kappa shape index (κ1) is 12.1. The van der Waals surface area contributed by atoms with E-state index in [1.165, 1.54) is 31.3 Å². The van der Waals surface area contributed by atoms with Crippen LogP contribution in [-0.4, -0.2) is 19.1 Å². The van der Waals surface area contributed by atoms with Crippen molar-refractivity contribution in [3.05, 3.63) is 11.6 Å². The van der Waals surface area contributed by atoms with E-state index >= 15 is 0 Å². The average Bonchev–Trinajstić information content (AvgIpc) is 2.28. The number of rotatable bonds is 5. The molecule has 0 bridgehead atoms. The Bertz CT molecular complexity index is 224. The van der Waals surface area contributed by atoms with Crippen molar-refractivity contribution in [3.8, 4) is 0 Å². The zero-order chi connectivity index (χ0) is 10.9. The molecule has 0 aliphatic heterocycles. The third-order valence-corrected chi connectivity index (χ3v) is 2.65. The summed E-state index contributed by atoms with van der Waals surface area (Å²) < 4.78 is 0. The monoisotopic (exact) mass is 210 g/mol. The van der Waals surface area contributed by atoms with Crippen LogP contribution in [0.2, 0.25) is 0 Å². The number of carbonyl (C=O) groups excluding carboxylic acids is 1. The number of hydrogen-bond acceptors (Lipinski definition) is 1. The van der Waals surface area contributed by atoms with Crippen LogP contribution in [0.5, 0.6) is 0 Å². The summed E-state index contributed by atoms with van der Waals surface area (Å²) in [5.74, 6) is 0. The molecule has 0 fully saturated rings. The van der Waals surface area contributed by atoms with E-state index in [1.807, 2.05) is 6.92 Å². The Labute approximate surface area is 92.3 Å². The molecule has 15 heavy (non-hydrogen) atoms. The second-order valence-electron chi connectivity index (χ2n) is 4.04. The molecule has 0 aromatic heterocycles. The van der Waals surface area contributed by atoms with E-state index in [-0.39, 0.29) is 6.03 Å². The van der Waals surface area contributed by atoms with Gasteiger partial charge in [0.15, 0.2) is 0 Å². The lowest BCUT2D eigenvalue weighted by Gasteiger charge is -2.13. The molecule has 1 rings (SSSR count). The quantitative estimate of drug-likeness (QED) is 0.673. The number of amides is 2. The summed E-state index contributed by atoms with van der Waals surface area (Å²) in [5.41, 5.74) is 1.51. The van der Waals surface area contributed by atoms with E-state index in [0.29, 0.717) is 0 Å². The first-order valence-corrected chi connectivity index (χ1v) is 6.02. The van der Waals surface area contributed by atoms with E-state index < -0.39 is 0 Å². The standard InChI is InChI=1S/C12H22N2O/c1-2-9-13-12(15)14-10-8-11-6-4-3-5-7-11/h6H,2-5,7-10H2,1H3,(H2,13,14,15). The number of nitrogens with one attached hydrogen (secondary N) is 2. The lowest BCUT2D eigenvalue weighted by atomic mass is 9.97. The van der Waals surface area contributed by atoms with E-state index in [4.69, 9.17) is 0 Å². The van der Waals surface area contributed by atoms with Crippen LogP contribution in [0, 0.1) is 0 Å². The first-order chi connectivity index (χ1) is 7.33. The minimum Gasteiger partial charge on any atom is -0.338 e. The summed E-state index contributed by atoms with van der Waals surface area (Å²) >= 11 is 0. The molecule has 0 radical (unpaired) electrons. The van der Waals surface area contributed by atoms with Crippen LogP contribution in [0.15, 0.2) is 11.6 Å². The Morgan fingerprint density at radius 1 is 1.33 bits per heavy atom. The second kappa shape index (κ2) is 7.32. The van der Waals surface area contributed by atoms with Crippen LogP contribution in [-0.2, 0) is 0 Å². The maximum Gasteiger partial charge on any atom is 0.314 e. The molecule has 2 N–H and O–H groups in total. The third kappa shape index (κ3) is 5.45. The molecule has 0 aromatic carbocycles. The van der Waals surface area contributed by atoms with E-state index in [2.05, 4.69) is 16.7 Å². The van der Waals surface area contributed by atoms with E-state index in [9.17, 15) is 4.79 Å². The van der Waals surface area contributed by atoms with Gasteiger partial charge < -0.3 is 10.6 Å². The number of carbonyl (C=O) groups is 1. The SMILES string of the molecule is CCCNC(=O)NCCC1=CCCCC1. The molecule has 1 aliphatic carbocycles. The fourth-order valence-corrected chi connectivity index (χ4v) is 1.77. The highest BCUT2D eigenvalue weighted by Crippen LogP contribution is 2.19. The van der Waals surface area contributed by atoms with Crippen LogP contribution in [0.25, 0.3) is 0 Å². The minimum atomic E-state index is -0.0340. The van der Waals surface area contributed by atoms with E-state index in [1.54, 1.807) is 0 Å².